The molecule has 1 rings (SSSR count). The summed E-state index contributed by atoms with van der Waals surface area (Å²) in [6, 6.07) is 5.91. The van der Waals surface area contributed by atoms with Gasteiger partial charge in [0, 0.05) is 5.56 Å². The lowest BCUT2D eigenvalue weighted by Crippen LogP contribution is -2.29. The molecule has 0 heterocycles. The minimum absolute atomic E-state index is 0.890. The van der Waals surface area contributed by atoms with Gasteiger partial charge in [0.25, 0.3) is 0 Å². The Morgan fingerprint density at radius 2 is 1.64 bits per heavy atom. The molecule has 0 fully saturated rings. The van der Waals surface area contributed by atoms with E-state index in [9.17, 15) is 0 Å². The summed E-state index contributed by atoms with van der Waals surface area (Å²) in [6.45, 7) is 8.54. The summed E-state index contributed by atoms with van der Waals surface area (Å²) >= 11 is 0. The smallest absolute Gasteiger partial charge is 0.242 e. The highest BCUT2D eigenvalue weighted by atomic mass is 28.4. The molecule has 0 amide bonds. The Labute approximate surface area is 87.0 Å². The average molecular weight is 210 g/mol. The van der Waals surface area contributed by atoms with Crippen LogP contribution in [-0.2, 0) is 0 Å². The Morgan fingerprint density at radius 1 is 1.07 bits per heavy atom. The van der Waals surface area contributed by atoms with Gasteiger partial charge in [-0.1, -0.05) is 6.07 Å². The zero-order valence-corrected chi connectivity index (χ0v) is 10.5. The topological polar surface area (TPSA) is 18.5 Å². The van der Waals surface area contributed by atoms with Crippen molar-refractivity contribution in [2.24, 2.45) is 0 Å². The lowest BCUT2D eigenvalue weighted by Gasteiger charge is -2.21. The van der Waals surface area contributed by atoms with E-state index in [0.29, 0.717) is 0 Å². The first-order valence-corrected chi connectivity index (χ1v) is 8.17. The van der Waals surface area contributed by atoms with Crippen molar-refractivity contribution in [1.29, 1.82) is 0 Å². The van der Waals surface area contributed by atoms with Crippen molar-refractivity contribution < 1.29 is 9.16 Å². The summed E-state index contributed by atoms with van der Waals surface area (Å²) in [7, 11) is 0.161. The van der Waals surface area contributed by atoms with Gasteiger partial charge in [-0.2, -0.15) is 0 Å². The number of hydrogen-bond donors (Lipinski definition) is 0. The third kappa shape index (κ3) is 2.77. The first kappa shape index (κ1) is 11.1. The van der Waals surface area contributed by atoms with E-state index in [-0.39, 0.29) is 0 Å². The van der Waals surface area contributed by atoms with Crippen molar-refractivity contribution in [2.75, 3.05) is 7.11 Å². The van der Waals surface area contributed by atoms with Gasteiger partial charge in [-0.3, -0.25) is 0 Å². The number of hydrogen-bond acceptors (Lipinski definition) is 2. The van der Waals surface area contributed by atoms with Crippen LogP contribution in [0.1, 0.15) is 5.56 Å². The van der Waals surface area contributed by atoms with E-state index in [0.717, 1.165) is 17.1 Å². The average Bonchev–Trinajstić information content (AvgIpc) is 2.06. The van der Waals surface area contributed by atoms with Crippen LogP contribution in [0.3, 0.4) is 0 Å². The van der Waals surface area contributed by atoms with Crippen LogP contribution in [0.5, 0.6) is 11.5 Å². The fourth-order valence-corrected chi connectivity index (χ4v) is 2.14. The molecule has 0 aromatic heterocycles. The second-order valence-electron chi connectivity index (χ2n) is 4.30. The Kier molecular flexibility index (Phi) is 3.21. The van der Waals surface area contributed by atoms with E-state index in [2.05, 4.69) is 19.6 Å². The first-order valence-electron chi connectivity index (χ1n) is 4.76. The quantitative estimate of drug-likeness (QED) is 0.713. The lowest BCUT2D eigenvalue weighted by molar-refractivity contribution is 0.408. The highest BCUT2D eigenvalue weighted by molar-refractivity contribution is 6.70. The summed E-state index contributed by atoms with van der Waals surface area (Å²) in [5.74, 6) is 1.84. The highest BCUT2D eigenvalue weighted by Crippen LogP contribution is 2.28. The molecule has 0 aliphatic heterocycles. The normalized spacial score (nSPS) is 11.2. The third-order valence-corrected chi connectivity index (χ3v) is 2.70. The molecule has 0 bridgehead atoms. The fourth-order valence-electron chi connectivity index (χ4n) is 1.26. The van der Waals surface area contributed by atoms with Gasteiger partial charge in [-0.05, 0) is 38.7 Å². The number of rotatable bonds is 3. The number of benzene rings is 1. The highest BCUT2D eigenvalue weighted by Gasteiger charge is 2.18. The zero-order valence-electron chi connectivity index (χ0n) is 9.55. The van der Waals surface area contributed by atoms with E-state index in [4.69, 9.17) is 9.16 Å². The molecule has 0 N–H and O–H groups in total. The maximum absolute atomic E-state index is 5.93. The number of ether oxygens (including phenoxy) is 1. The molecule has 1 aromatic carbocycles. The molecule has 0 aliphatic rings. The Balaban J connectivity index is 2.98. The number of methoxy groups -OCH3 is 1. The van der Waals surface area contributed by atoms with E-state index in [1.54, 1.807) is 7.11 Å². The largest absolute Gasteiger partial charge is 0.544 e. The van der Waals surface area contributed by atoms with E-state index in [1.807, 2.05) is 25.1 Å². The summed E-state index contributed by atoms with van der Waals surface area (Å²) in [5, 5.41) is 0. The molecule has 0 atom stereocenters. The first-order chi connectivity index (χ1) is 6.44. The summed E-state index contributed by atoms with van der Waals surface area (Å²) in [4.78, 5) is 0. The van der Waals surface area contributed by atoms with Crippen LogP contribution in [0.2, 0.25) is 19.6 Å². The SMILES string of the molecule is COc1cccc(O[Si](C)(C)C)c1C. The molecule has 2 nitrogen and oxygen atoms in total. The third-order valence-electron chi connectivity index (χ3n) is 1.87. The zero-order chi connectivity index (χ0) is 10.8. The molecular formula is C11H18O2Si. The van der Waals surface area contributed by atoms with Crippen LogP contribution in [0.15, 0.2) is 18.2 Å². The van der Waals surface area contributed by atoms with E-state index < -0.39 is 8.32 Å². The summed E-state index contributed by atoms with van der Waals surface area (Å²) < 4.78 is 11.2. The van der Waals surface area contributed by atoms with Crippen LogP contribution in [0.25, 0.3) is 0 Å². The van der Waals surface area contributed by atoms with Crippen molar-refractivity contribution in [1.82, 2.24) is 0 Å². The predicted molar refractivity (Wildman–Crippen MR) is 61.7 cm³/mol. The summed E-state index contributed by atoms with van der Waals surface area (Å²) in [5.41, 5.74) is 1.08. The van der Waals surface area contributed by atoms with Gasteiger partial charge in [-0.25, -0.2) is 0 Å². The lowest BCUT2D eigenvalue weighted by atomic mass is 10.2. The van der Waals surface area contributed by atoms with Gasteiger partial charge in [0.2, 0.25) is 8.32 Å². The molecule has 0 aliphatic carbocycles. The van der Waals surface area contributed by atoms with Crippen molar-refractivity contribution in [3.05, 3.63) is 23.8 Å². The summed E-state index contributed by atoms with van der Waals surface area (Å²) in [6.07, 6.45) is 0. The van der Waals surface area contributed by atoms with Gasteiger partial charge < -0.3 is 9.16 Å². The molecule has 3 heteroatoms. The van der Waals surface area contributed by atoms with E-state index >= 15 is 0 Å². The standard InChI is InChI=1S/C11H18O2Si/c1-9-10(12-2)7-6-8-11(9)13-14(3,4)5/h6-8H,1-5H3. The van der Waals surface area contributed by atoms with Crippen molar-refractivity contribution in [3.8, 4) is 11.5 Å². The van der Waals surface area contributed by atoms with Gasteiger partial charge in [0.15, 0.2) is 0 Å². The van der Waals surface area contributed by atoms with Gasteiger partial charge in [-0.15, -0.1) is 0 Å². The molecular weight excluding hydrogens is 192 g/mol. The van der Waals surface area contributed by atoms with Crippen LogP contribution in [0.4, 0.5) is 0 Å². The fraction of sp³-hybridized carbons (Fsp3) is 0.455. The second-order valence-corrected chi connectivity index (χ2v) is 8.73. The molecule has 0 saturated carbocycles. The Morgan fingerprint density at radius 3 is 2.14 bits per heavy atom. The van der Waals surface area contributed by atoms with Crippen molar-refractivity contribution in [2.45, 2.75) is 26.6 Å². The monoisotopic (exact) mass is 210 g/mol. The molecule has 0 radical (unpaired) electrons. The van der Waals surface area contributed by atoms with E-state index in [1.165, 1.54) is 0 Å². The van der Waals surface area contributed by atoms with Crippen LogP contribution < -0.4 is 9.16 Å². The maximum atomic E-state index is 5.93. The predicted octanol–water partition coefficient (Wildman–Crippen LogP) is 3.22. The van der Waals surface area contributed by atoms with Gasteiger partial charge in [0.05, 0.1) is 7.11 Å². The van der Waals surface area contributed by atoms with Crippen LogP contribution in [0, 0.1) is 6.92 Å². The minimum Gasteiger partial charge on any atom is -0.544 e. The molecule has 1 aromatic rings. The molecule has 14 heavy (non-hydrogen) atoms. The Bertz CT molecular complexity index is 316. The molecule has 0 spiro atoms. The molecule has 0 saturated heterocycles. The van der Waals surface area contributed by atoms with Crippen molar-refractivity contribution >= 4 is 8.32 Å². The molecule has 0 unspecified atom stereocenters. The minimum atomic E-state index is -1.52. The Hall–Kier alpha value is -0.963. The van der Waals surface area contributed by atoms with Crippen molar-refractivity contribution in [3.63, 3.8) is 0 Å². The van der Waals surface area contributed by atoms with Crippen LogP contribution in [-0.4, -0.2) is 15.4 Å². The van der Waals surface area contributed by atoms with Crippen LogP contribution >= 0.6 is 0 Å². The second kappa shape index (κ2) is 4.05. The van der Waals surface area contributed by atoms with Gasteiger partial charge in [0.1, 0.15) is 11.5 Å². The van der Waals surface area contributed by atoms with Gasteiger partial charge >= 0.3 is 0 Å². The maximum Gasteiger partial charge on any atom is 0.242 e. The molecule has 78 valence electrons.